The molecule has 0 aliphatic heterocycles. The fourth-order valence-electron chi connectivity index (χ4n) is 1.23. The number of hydrogen-bond donors (Lipinski definition) is 1. The molecule has 2 aromatic rings. The molecule has 1 N–H and O–H groups in total. The number of H-pyrrole nitrogens is 1. The van der Waals surface area contributed by atoms with Gasteiger partial charge in [0, 0.05) is 5.56 Å². The molecule has 0 bridgehead atoms. The van der Waals surface area contributed by atoms with Crippen molar-refractivity contribution in [2.24, 2.45) is 0 Å². The standard InChI is InChI=1S/C10H8N2.C2H6/c1-3-8-4-5-9-10(6-8)12-7(2)11-9;1-2/h1,4-6H,2H3,(H,11,12);1-2H3. The summed E-state index contributed by atoms with van der Waals surface area (Å²) in [7, 11) is 0. The van der Waals surface area contributed by atoms with Crippen molar-refractivity contribution in [3.63, 3.8) is 0 Å². The first-order valence-corrected chi connectivity index (χ1v) is 4.72. The van der Waals surface area contributed by atoms with E-state index in [9.17, 15) is 0 Å². The van der Waals surface area contributed by atoms with Crippen molar-refractivity contribution in [1.29, 1.82) is 0 Å². The van der Waals surface area contributed by atoms with Crippen LogP contribution in [0.5, 0.6) is 0 Å². The normalized spacial score (nSPS) is 9.00. The van der Waals surface area contributed by atoms with Gasteiger partial charge >= 0.3 is 0 Å². The van der Waals surface area contributed by atoms with E-state index in [4.69, 9.17) is 6.42 Å². The predicted octanol–water partition coefficient (Wildman–Crippen LogP) is 2.88. The zero-order valence-electron chi connectivity index (χ0n) is 8.76. The van der Waals surface area contributed by atoms with Gasteiger partial charge in [-0.25, -0.2) is 4.98 Å². The third-order valence-corrected chi connectivity index (χ3v) is 1.77. The number of rotatable bonds is 0. The molecule has 14 heavy (non-hydrogen) atoms. The summed E-state index contributed by atoms with van der Waals surface area (Å²) in [4.78, 5) is 7.39. The first-order chi connectivity index (χ1) is 6.79. The van der Waals surface area contributed by atoms with Crippen LogP contribution in [-0.2, 0) is 0 Å². The number of terminal acetylenes is 1. The molecule has 0 saturated carbocycles. The summed E-state index contributed by atoms with van der Waals surface area (Å²) in [6, 6.07) is 5.74. The molecule has 0 spiro atoms. The van der Waals surface area contributed by atoms with Gasteiger partial charge in [0.25, 0.3) is 0 Å². The van der Waals surface area contributed by atoms with Crippen molar-refractivity contribution in [3.05, 3.63) is 29.6 Å². The Morgan fingerprint density at radius 1 is 1.36 bits per heavy atom. The van der Waals surface area contributed by atoms with Crippen LogP contribution >= 0.6 is 0 Å². The molecule has 72 valence electrons. The number of aromatic nitrogens is 2. The number of nitrogens with one attached hydrogen (secondary N) is 1. The van der Waals surface area contributed by atoms with Crippen LogP contribution in [0, 0.1) is 19.3 Å². The number of aromatic amines is 1. The second-order valence-corrected chi connectivity index (χ2v) is 2.70. The molecular weight excluding hydrogens is 172 g/mol. The lowest BCUT2D eigenvalue weighted by Crippen LogP contribution is -1.73. The van der Waals surface area contributed by atoms with Gasteiger partial charge in [-0.05, 0) is 25.1 Å². The summed E-state index contributed by atoms with van der Waals surface area (Å²) in [6.45, 7) is 5.93. The predicted molar refractivity (Wildman–Crippen MR) is 60.1 cm³/mol. The first kappa shape index (κ1) is 10.3. The quantitative estimate of drug-likeness (QED) is 0.630. The molecule has 1 aromatic carbocycles. The number of nitrogens with zero attached hydrogens (tertiary/aromatic N) is 1. The van der Waals surface area contributed by atoms with Gasteiger partial charge in [0.15, 0.2) is 0 Å². The Morgan fingerprint density at radius 2 is 2.07 bits per heavy atom. The smallest absolute Gasteiger partial charge is 0.104 e. The molecule has 0 saturated heterocycles. The van der Waals surface area contributed by atoms with Crippen molar-refractivity contribution in [2.75, 3.05) is 0 Å². The summed E-state index contributed by atoms with van der Waals surface area (Å²) in [5.74, 6) is 3.50. The minimum absolute atomic E-state index is 0.881. The van der Waals surface area contributed by atoms with Crippen molar-refractivity contribution in [1.82, 2.24) is 9.97 Å². The highest BCUT2D eigenvalue weighted by Gasteiger charge is 1.98. The van der Waals surface area contributed by atoms with E-state index in [1.54, 1.807) is 0 Å². The Hall–Kier alpha value is -1.75. The van der Waals surface area contributed by atoms with E-state index in [2.05, 4.69) is 15.9 Å². The number of benzene rings is 1. The molecule has 0 amide bonds. The molecule has 2 nitrogen and oxygen atoms in total. The Bertz CT molecular complexity index is 461. The van der Waals surface area contributed by atoms with E-state index in [0.29, 0.717) is 0 Å². The molecule has 2 heteroatoms. The molecule has 0 aliphatic rings. The highest BCUT2D eigenvalue weighted by molar-refractivity contribution is 5.76. The minimum atomic E-state index is 0.881. The molecular formula is C12H14N2. The van der Waals surface area contributed by atoms with Crippen molar-refractivity contribution < 1.29 is 0 Å². The summed E-state index contributed by atoms with van der Waals surface area (Å²) in [6.07, 6.45) is 5.26. The lowest BCUT2D eigenvalue weighted by molar-refractivity contribution is 1.17. The average molecular weight is 186 g/mol. The average Bonchev–Trinajstić information content (AvgIpc) is 2.59. The molecule has 0 atom stereocenters. The molecule has 1 heterocycles. The lowest BCUT2D eigenvalue weighted by atomic mass is 10.2. The highest BCUT2D eigenvalue weighted by Crippen LogP contribution is 2.12. The fraction of sp³-hybridized carbons (Fsp3) is 0.250. The van der Waals surface area contributed by atoms with Crippen molar-refractivity contribution in [3.8, 4) is 12.3 Å². The van der Waals surface area contributed by atoms with E-state index < -0.39 is 0 Å². The maximum absolute atomic E-state index is 5.26. The van der Waals surface area contributed by atoms with Crippen LogP contribution in [0.2, 0.25) is 0 Å². The Labute approximate surface area is 84.4 Å². The summed E-state index contributed by atoms with van der Waals surface area (Å²) < 4.78 is 0. The van der Waals surface area contributed by atoms with Crippen LogP contribution < -0.4 is 0 Å². The minimum Gasteiger partial charge on any atom is -0.342 e. The zero-order valence-corrected chi connectivity index (χ0v) is 8.76. The highest BCUT2D eigenvalue weighted by atomic mass is 14.9. The van der Waals surface area contributed by atoms with E-state index in [0.717, 1.165) is 22.4 Å². The fourth-order valence-corrected chi connectivity index (χ4v) is 1.23. The van der Waals surface area contributed by atoms with Gasteiger partial charge in [0.05, 0.1) is 11.0 Å². The molecule has 2 rings (SSSR count). The number of imidazole rings is 1. The van der Waals surface area contributed by atoms with E-state index in [-0.39, 0.29) is 0 Å². The second kappa shape index (κ2) is 4.48. The maximum Gasteiger partial charge on any atom is 0.104 e. The van der Waals surface area contributed by atoms with E-state index >= 15 is 0 Å². The molecule has 1 aromatic heterocycles. The topological polar surface area (TPSA) is 28.7 Å². The van der Waals surface area contributed by atoms with Crippen molar-refractivity contribution in [2.45, 2.75) is 20.8 Å². The largest absolute Gasteiger partial charge is 0.342 e. The van der Waals surface area contributed by atoms with Crippen LogP contribution in [-0.4, -0.2) is 9.97 Å². The molecule has 0 radical (unpaired) electrons. The van der Waals surface area contributed by atoms with Gasteiger partial charge in [0.2, 0.25) is 0 Å². The van der Waals surface area contributed by atoms with Crippen LogP contribution in [0.1, 0.15) is 25.2 Å². The van der Waals surface area contributed by atoms with Gasteiger partial charge in [0.1, 0.15) is 5.82 Å². The Balaban J connectivity index is 0.000000461. The van der Waals surface area contributed by atoms with Crippen LogP contribution in [0.25, 0.3) is 11.0 Å². The zero-order chi connectivity index (χ0) is 10.6. The summed E-state index contributed by atoms with van der Waals surface area (Å²) in [5.41, 5.74) is 2.85. The van der Waals surface area contributed by atoms with E-state index in [1.165, 1.54) is 0 Å². The summed E-state index contributed by atoms with van der Waals surface area (Å²) >= 11 is 0. The monoisotopic (exact) mass is 186 g/mol. The Kier molecular flexibility index (Phi) is 3.30. The van der Waals surface area contributed by atoms with Crippen LogP contribution in [0.4, 0.5) is 0 Å². The van der Waals surface area contributed by atoms with Gasteiger partial charge in [-0.3, -0.25) is 0 Å². The molecule has 0 unspecified atom stereocenters. The molecule has 0 fully saturated rings. The first-order valence-electron chi connectivity index (χ1n) is 4.72. The number of hydrogen-bond acceptors (Lipinski definition) is 1. The lowest BCUT2D eigenvalue weighted by Gasteiger charge is -1.88. The third kappa shape index (κ3) is 1.94. The number of fused-ring (bicyclic) bond motifs is 1. The van der Waals surface area contributed by atoms with Crippen LogP contribution in [0.15, 0.2) is 18.2 Å². The molecule has 0 aliphatic carbocycles. The van der Waals surface area contributed by atoms with Crippen molar-refractivity contribution >= 4 is 11.0 Å². The van der Waals surface area contributed by atoms with Crippen LogP contribution in [0.3, 0.4) is 0 Å². The van der Waals surface area contributed by atoms with Gasteiger partial charge in [-0.2, -0.15) is 0 Å². The van der Waals surface area contributed by atoms with Gasteiger partial charge in [-0.15, -0.1) is 6.42 Å². The van der Waals surface area contributed by atoms with E-state index in [1.807, 2.05) is 39.0 Å². The second-order valence-electron chi connectivity index (χ2n) is 2.70. The third-order valence-electron chi connectivity index (χ3n) is 1.77. The Morgan fingerprint density at radius 3 is 2.71 bits per heavy atom. The maximum atomic E-state index is 5.26. The van der Waals surface area contributed by atoms with Gasteiger partial charge < -0.3 is 4.98 Å². The SMILES string of the molecule is C#Cc1ccc2nc(C)[nH]c2c1.CC. The summed E-state index contributed by atoms with van der Waals surface area (Å²) in [5, 5.41) is 0. The number of aryl methyl sites for hydroxylation is 1. The van der Waals surface area contributed by atoms with Gasteiger partial charge in [-0.1, -0.05) is 19.8 Å².